The summed E-state index contributed by atoms with van der Waals surface area (Å²) in [5.41, 5.74) is 5.67. The molecule has 1 unspecified atom stereocenters. The van der Waals surface area contributed by atoms with Gasteiger partial charge >= 0.3 is 0 Å². The quantitative estimate of drug-likeness (QED) is 0.577. The van der Waals surface area contributed by atoms with Crippen LogP contribution in [0.2, 0.25) is 0 Å². The second-order valence-electron chi connectivity index (χ2n) is 8.89. The topological polar surface area (TPSA) is 53.1 Å². The lowest BCUT2D eigenvalue weighted by molar-refractivity contribution is -0.131. The third kappa shape index (κ3) is 5.77. The van der Waals surface area contributed by atoms with E-state index in [2.05, 4.69) is 37.2 Å². The van der Waals surface area contributed by atoms with Crippen LogP contribution in [0.1, 0.15) is 40.7 Å². The number of carbonyl (C=O) groups excluding carboxylic acids is 1. The van der Waals surface area contributed by atoms with Crippen LogP contribution in [0.5, 0.6) is 5.75 Å². The van der Waals surface area contributed by atoms with Crippen molar-refractivity contribution in [2.24, 2.45) is 0 Å². The molecule has 7 heteroatoms. The summed E-state index contributed by atoms with van der Waals surface area (Å²) in [6, 6.07) is 10.3. The Kier molecular flexibility index (Phi) is 8.09. The highest BCUT2D eigenvalue weighted by Crippen LogP contribution is 2.27. The Labute approximate surface area is 194 Å². The summed E-state index contributed by atoms with van der Waals surface area (Å²) in [6.07, 6.45) is 1.13. The molecule has 174 valence electrons. The van der Waals surface area contributed by atoms with Crippen LogP contribution >= 0.6 is 0 Å². The van der Waals surface area contributed by atoms with E-state index in [1.165, 1.54) is 16.7 Å². The number of methoxy groups -OCH3 is 1. The summed E-state index contributed by atoms with van der Waals surface area (Å²) < 4.78 is 20.2. The summed E-state index contributed by atoms with van der Waals surface area (Å²) >= 11 is 0. The van der Waals surface area contributed by atoms with E-state index in [0.717, 1.165) is 28.3 Å². The van der Waals surface area contributed by atoms with E-state index in [9.17, 15) is 9.00 Å². The van der Waals surface area contributed by atoms with Gasteiger partial charge in [0.2, 0.25) is 5.91 Å². The van der Waals surface area contributed by atoms with Gasteiger partial charge in [-0.25, -0.2) is 8.51 Å². The average molecular weight is 458 g/mol. The number of fused-ring (bicyclic) bond motifs is 1. The lowest BCUT2D eigenvalue weighted by Gasteiger charge is -2.20. The van der Waals surface area contributed by atoms with E-state index in [4.69, 9.17) is 4.74 Å². The predicted octanol–water partition coefficient (Wildman–Crippen LogP) is 3.65. The minimum Gasteiger partial charge on any atom is -0.497 e. The molecule has 0 aliphatic carbocycles. The molecule has 3 rings (SSSR count). The van der Waals surface area contributed by atoms with Gasteiger partial charge in [0, 0.05) is 39.6 Å². The van der Waals surface area contributed by atoms with Crippen molar-refractivity contribution < 1.29 is 13.7 Å². The van der Waals surface area contributed by atoms with Gasteiger partial charge in [-0.1, -0.05) is 18.2 Å². The number of hydrogen-bond donors (Lipinski definition) is 0. The van der Waals surface area contributed by atoms with Crippen LogP contribution in [0.4, 0.5) is 0 Å². The number of rotatable bonds is 9. The highest BCUT2D eigenvalue weighted by atomic mass is 32.2. The Morgan fingerprint density at radius 2 is 1.72 bits per heavy atom. The largest absolute Gasteiger partial charge is 0.497 e. The van der Waals surface area contributed by atoms with Crippen LogP contribution in [0, 0.1) is 13.8 Å². The van der Waals surface area contributed by atoms with Crippen LogP contribution < -0.4 is 4.74 Å². The van der Waals surface area contributed by atoms with Crippen LogP contribution in [0.15, 0.2) is 35.2 Å². The molecule has 6 nitrogen and oxygen atoms in total. The molecule has 1 aliphatic rings. The van der Waals surface area contributed by atoms with Crippen LogP contribution in [-0.2, 0) is 35.4 Å². The van der Waals surface area contributed by atoms with Gasteiger partial charge in [0.1, 0.15) is 16.7 Å². The van der Waals surface area contributed by atoms with Crippen molar-refractivity contribution in [1.29, 1.82) is 0 Å². The summed E-state index contributed by atoms with van der Waals surface area (Å²) in [7, 11) is 6.33. The van der Waals surface area contributed by atoms with E-state index in [1.807, 2.05) is 42.2 Å². The molecule has 1 heterocycles. The number of amides is 1. The number of carbonyl (C=O) groups is 1. The number of hydrogen-bond acceptors (Lipinski definition) is 4. The average Bonchev–Trinajstić information content (AvgIpc) is 3.15. The molecule has 0 saturated carbocycles. The van der Waals surface area contributed by atoms with Gasteiger partial charge in [-0.05, 0) is 74.3 Å². The zero-order chi connectivity index (χ0) is 23.4. The standard InChI is InChI=1S/C25H35N3O3S/c1-18-12-23(31-6)13-19(2)25(18)32(30)27(5)11-7-8-24(29)28-16-21-10-9-20(15-26(3)4)14-22(21)17-28/h9-10,12-14H,7-8,11,15-17H2,1-6H3. The molecule has 2 aromatic rings. The van der Waals surface area contributed by atoms with E-state index < -0.39 is 11.0 Å². The van der Waals surface area contributed by atoms with Crippen molar-refractivity contribution in [3.63, 3.8) is 0 Å². The van der Waals surface area contributed by atoms with E-state index in [1.54, 1.807) is 7.11 Å². The van der Waals surface area contributed by atoms with Crippen molar-refractivity contribution >= 4 is 16.9 Å². The molecule has 1 atom stereocenters. The predicted molar refractivity (Wildman–Crippen MR) is 129 cm³/mol. The fourth-order valence-corrected chi connectivity index (χ4v) is 5.52. The van der Waals surface area contributed by atoms with Gasteiger partial charge in [-0.15, -0.1) is 0 Å². The second kappa shape index (κ2) is 10.6. The first-order chi connectivity index (χ1) is 15.2. The molecule has 1 aliphatic heterocycles. The van der Waals surface area contributed by atoms with Crippen molar-refractivity contribution in [3.05, 3.63) is 58.1 Å². The fraction of sp³-hybridized carbons (Fsp3) is 0.480. The monoisotopic (exact) mass is 457 g/mol. The maximum atomic E-state index is 13.1. The minimum atomic E-state index is -1.27. The molecule has 0 aromatic heterocycles. The molecular weight excluding hydrogens is 422 g/mol. The SMILES string of the molecule is COc1cc(C)c(S(=O)N(C)CCCC(=O)N2Cc3ccc(CN(C)C)cc3C2)c(C)c1. The van der Waals surface area contributed by atoms with Gasteiger partial charge in [-0.3, -0.25) is 4.79 Å². The number of benzene rings is 2. The van der Waals surface area contributed by atoms with Crippen molar-refractivity contribution in [2.45, 2.75) is 51.2 Å². The van der Waals surface area contributed by atoms with Crippen molar-refractivity contribution in [1.82, 2.24) is 14.1 Å². The molecule has 32 heavy (non-hydrogen) atoms. The maximum Gasteiger partial charge on any atom is 0.223 e. The molecule has 2 aromatic carbocycles. The van der Waals surface area contributed by atoms with Gasteiger partial charge in [-0.2, -0.15) is 0 Å². The third-order valence-corrected chi connectivity index (χ3v) is 7.58. The van der Waals surface area contributed by atoms with E-state index in [-0.39, 0.29) is 5.91 Å². The molecule has 1 amide bonds. The van der Waals surface area contributed by atoms with Gasteiger partial charge in [0.05, 0.1) is 12.0 Å². The zero-order valence-electron chi connectivity index (χ0n) is 20.1. The van der Waals surface area contributed by atoms with Crippen LogP contribution in [0.3, 0.4) is 0 Å². The smallest absolute Gasteiger partial charge is 0.223 e. The number of aryl methyl sites for hydroxylation is 2. The van der Waals surface area contributed by atoms with Crippen molar-refractivity contribution in [2.75, 3.05) is 34.8 Å². The normalized spacial score (nSPS) is 14.2. The van der Waals surface area contributed by atoms with Crippen molar-refractivity contribution in [3.8, 4) is 5.75 Å². The Bertz CT molecular complexity index is 983. The van der Waals surface area contributed by atoms with Gasteiger partial charge < -0.3 is 14.5 Å². The molecule has 0 fully saturated rings. The first-order valence-corrected chi connectivity index (χ1v) is 12.1. The van der Waals surface area contributed by atoms with Crippen LogP contribution in [-0.4, -0.2) is 59.0 Å². The Morgan fingerprint density at radius 1 is 1.06 bits per heavy atom. The maximum absolute atomic E-state index is 13.1. The molecule has 0 spiro atoms. The lowest BCUT2D eigenvalue weighted by atomic mass is 10.1. The highest BCUT2D eigenvalue weighted by Gasteiger charge is 2.24. The Hall–Kier alpha value is -2.22. The Morgan fingerprint density at radius 3 is 2.34 bits per heavy atom. The highest BCUT2D eigenvalue weighted by molar-refractivity contribution is 7.82. The molecular formula is C25H35N3O3S. The lowest BCUT2D eigenvalue weighted by Crippen LogP contribution is -2.28. The number of ether oxygens (including phenoxy) is 1. The fourth-order valence-electron chi connectivity index (χ4n) is 4.24. The van der Waals surface area contributed by atoms with E-state index in [0.29, 0.717) is 32.5 Å². The van der Waals surface area contributed by atoms with Gasteiger partial charge in [0.15, 0.2) is 0 Å². The number of nitrogens with zero attached hydrogens (tertiary/aromatic N) is 3. The molecule has 0 N–H and O–H groups in total. The summed E-state index contributed by atoms with van der Waals surface area (Å²) in [4.78, 5) is 17.7. The second-order valence-corrected chi connectivity index (χ2v) is 10.4. The molecule has 0 saturated heterocycles. The summed E-state index contributed by atoms with van der Waals surface area (Å²) in [6.45, 7) is 6.77. The summed E-state index contributed by atoms with van der Waals surface area (Å²) in [5.74, 6) is 0.931. The van der Waals surface area contributed by atoms with E-state index >= 15 is 0 Å². The minimum absolute atomic E-state index is 0.159. The Balaban J connectivity index is 1.52. The van der Waals surface area contributed by atoms with Crippen LogP contribution in [0.25, 0.3) is 0 Å². The third-order valence-electron chi connectivity index (χ3n) is 5.84. The molecule has 0 radical (unpaired) electrons. The first kappa shape index (κ1) is 24.4. The zero-order valence-corrected chi connectivity index (χ0v) is 20.9. The first-order valence-electron chi connectivity index (χ1n) is 11.0. The summed E-state index contributed by atoms with van der Waals surface area (Å²) in [5, 5.41) is 0. The van der Waals surface area contributed by atoms with Gasteiger partial charge in [0.25, 0.3) is 0 Å². The molecule has 0 bridgehead atoms.